The van der Waals surface area contributed by atoms with Gasteiger partial charge in [0, 0.05) is 19.1 Å². The average molecular weight is 256 g/mol. The SMILES string of the molecule is O=C([C@H]1Cc2ccccc2CN1)N1CC2CCC1C2. The Morgan fingerprint density at radius 3 is 2.79 bits per heavy atom. The van der Waals surface area contributed by atoms with Crippen molar-refractivity contribution in [1.29, 1.82) is 0 Å². The lowest BCUT2D eigenvalue weighted by Crippen LogP contribution is -2.51. The number of likely N-dealkylation sites (tertiary alicyclic amines) is 1. The van der Waals surface area contributed by atoms with Crippen LogP contribution in [0.25, 0.3) is 0 Å². The third kappa shape index (κ3) is 1.88. The zero-order chi connectivity index (χ0) is 12.8. The van der Waals surface area contributed by atoms with Gasteiger partial charge in [-0.1, -0.05) is 24.3 Å². The molecule has 1 aromatic carbocycles. The predicted octanol–water partition coefficient (Wildman–Crippen LogP) is 1.71. The van der Waals surface area contributed by atoms with E-state index in [1.165, 1.54) is 30.4 Å². The largest absolute Gasteiger partial charge is 0.338 e. The molecule has 4 rings (SSSR count). The van der Waals surface area contributed by atoms with Crippen LogP contribution in [0.5, 0.6) is 0 Å². The van der Waals surface area contributed by atoms with Gasteiger partial charge in [0.05, 0.1) is 6.04 Å². The van der Waals surface area contributed by atoms with Gasteiger partial charge in [0.15, 0.2) is 0 Å². The number of hydrogen-bond donors (Lipinski definition) is 1. The molecule has 1 saturated heterocycles. The molecule has 100 valence electrons. The fourth-order valence-corrected chi connectivity index (χ4v) is 4.02. The number of nitrogens with one attached hydrogen (secondary N) is 1. The van der Waals surface area contributed by atoms with Crippen molar-refractivity contribution in [2.75, 3.05) is 6.54 Å². The number of nitrogens with zero attached hydrogens (tertiary/aromatic N) is 1. The van der Waals surface area contributed by atoms with E-state index in [0.29, 0.717) is 11.9 Å². The van der Waals surface area contributed by atoms with Crippen LogP contribution in [0.3, 0.4) is 0 Å². The second kappa shape index (κ2) is 4.34. The molecule has 1 N–H and O–H groups in total. The fraction of sp³-hybridized carbons (Fsp3) is 0.562. The summed E-state index contributed by atoms with van der Waals surface area (Å²) in [5, 5.41) is 3.42. The third-order valence-electron chi connectivity index (χ3n) is 5.07. The highest BCUT2D eigenvalue weighted by atomic mass is 16.2. The van der Waals surface area contributed by atoms with Gasteiger partial charge in [0.1, 0.15) is 0 Å². The molecule has 2 fully saturated rings. The molecule has 3 atom stereocenters. The number of carbonyl (C=O) groups excluding carboxylic acids is 1. The zero-order valence-corrected chi connectivity index (χ0v) is 11.1. The minimum atomic E-state index is -0.00532. The molecular weight excluding hydrogens is 236 g/mol. The Kier molecular flexibility index (Phi) is 2.62. The molecule has 3 heteroatoms. The molecule has 3 nitrogen and oxygen atoms in total. The first kappa shape index (κ1) is 11.5. The molecule has 1 aliphatic carbocycles. The summed E-state index contributed by atoms with van der Waals surface area (Å²) >= 11 is 0. The maximum Gasteiger partial charge on any atom is 0.240 e. The van der Waals surface area contributed by atoms with E-state index in [-0.39, 0.29) is 6.04 Å². The first-order valence-electron chi connectivity index (χ1n) is 7.42. The number of piperidine rings is 1. The van der Waals surface area contributed by atoms with Crippen LogP contribution >= 0.6 is 0 Å². The summed E-state index contributed by atoms with van der Waals surface area (Å²) in [6.07, 6.45) is 4.65. The van der Waals surface area contributed by atoms with E-state index in [1.54, 1.807) is 0 Å². The first-order valence-corrected chi connectivity index (χ1v) is 7.42. The Hall–Kier alpha value is -1.35. The van der Waals surface area contributed by atoms with E-state index in [0.717, 1.165) is 25.4 Å². The second-order valence-electron chi connectivity index (χ2n) is 6.23. The average Bonchev–Trinajstić information content (AvgIpc) is 3.08. The maximum absolute atomic E-state index is 12.7. The van der Waals surface area contributed by atoms with E-state index in [9.17, 15) is 4.79 Å². The van der Waals surface area contributed by atoms with Gasteiger partial charge in [-0.25, -0.2) is 0 Å². The highest BCUT2D eigenvalue weighted by molar-refractivity contribution is 5.83. The summed E-state index contributed by atoms with van der Waals surface area (Å²) in [6.45, 7) is 1.83. The Bertz CT molecular complexity index is 513. The van der Waals surface area contributed by atoms with Crippen LogP contribution in [-0.2, 0) is 17.8 Å². The van der Waals surface area contributed by atoms with Crippen LogP contribution in [0.2, 0.25) is 0 Å². The highest BCUT2D eigenvalue weighted by Gasteiger charge is 2.42. The molecule has 19 heavy (non-hydrogen) atoms. The van der Waals surface area contributed by atoms with Gasteiger partial charge in [0.25, 0.3) is 0 Å². The van der Waals surface area contributed by atoms with Gasteiger partial charge in [-0.3, -0.25) is 4.79 Å². The van der Waals surface area contributed by atoms with Gasteiger partial charge < -0.3 is 10.2 Å². The Morgan fingerprint density at radius 2 is 2.05 bits per heavy atom. The van der Waals surface area contributed by atoms with Crippen molar-refractivity contribution in [3.8, 4) is 0 Å². The Balaban J connectivity index is 1.50. The zero-order valence-electron chi connectivity index (χ0n) is 11.1. The highest BCUT2D eigenvalue weighted by Crippen LogP contribution is 2.37. The van der Waals surface area contributed by atoms with Crippen LogP contribution in [0.4, 0.5) is 0 Å². The molecule has 0 radical (unpaired) electrons. The van der Waals surface area contributed by atoms with Crippen molar-refractivity contribution < 1.29 is 4.79 Å². The summed E-state index contributed by atoms with van der Waals surface area (Å²) in [5.41, 5.74) is 2.68. The molecule has 2 bridgehead atoms. The topological polar surface area (TPSA) is 32.3 Å². The molecule has 0 aromatic heterocycles. The van der Waals surface area contributed by atoms with Gasteiger partial charge in [-0.05, 0) is 42.7 Å². The van der Waals surface area contributed by atoms with Crippen molar-refractivity contribution in [3.63, 3.8) is 0 Å². The lowest BCUT2D eigenvalue weighted by Gasteiger charge is -2.33. The maximum atomic E-state index is 12.7. The van der Waals surface area contributed by atoms with Crippen LogP contribution in [-0.4, -0.2) is 29.4 Å². The molecule has 3 aliphatic rings. The van der Waals surface area contributed by atoms with Crippen LogP contribution < -0.4 is 5.32 Å². The summed E-state index contributed by atoms with van der Waals surface area (Å²) in [7, 11) is 0. The van der Waals surface area contributed by atoms with Gasteiger partial charge in [0.2, 0.25) is 5.91 Å². The smallest absolute Gasteiger partial charge is 0.240 e. The molecule has 2 aliphatic heterocycles. The number of fused-ring (bicyclic) bond motifs is 3. The quantitative estimate of drug-likeness (QED) is 0.829. The fourth-order valence-electron chi connectivity index (χ4n) is 4.02. The molecule has 0 spiro atoms. The second-order valence-corrected chi connectivity index (χ2v) is 6.23. The summed E-state index contributed by atoms with van der Waals surface area (Å²) < 4.78 is 0. The summed E-state index contributed by atoms with van der Waals surface area (Å²) in [5.74, 6) is 1.12. The molecule has 2 heterocycles. The Morgan fingerprint density at radius 1 is 1.21 bits per heavy atom. The van der Waals surface area contributed by atoms with E-state index in [1.807, 2.05) is 0 Å². The van der Waals surface area contributed by atoms with Crippen LogP contribution in [0, 0.1) is 5.92 Å². The standard InChI is InChI=1S/C16H20N2O/c19-16(18-10-11-5-6-14(18)7-11)15-8-12-3-1-2-4-13(12)9-17-15/h1-4,11,14-15,17H,5-10H2/t11?,14?,15-/m1/s1. The predicted molar refractivity (Wildman–Crippen MR) is 73.6 cm³/mol. The number of hydrogen-bond acceptors (Lipinski definition) is 2. The number of carbonyl (C=O) groups is 1. The van der Waals surface area contributed by atoms with Crippen molar-refractivity contribution in [2.45, 2.75) is 44.3 Å². The summed E-state index contributed by atoms with van der Waals surface area (Å²) in [6, 6.07) is 8.99. The number of rotatable bonds is 1. The van der Waals surface area contributed by atoms with E-state index < -0.39 is 0 Å². The van der Waals surface area contributed by atoms with Crippen molar-refractivity contribution in [2.24, 2.45) is 5.92 Å². The van der Waals surface area contributed by atoms with E-state index in [2.05, 4.69) is 34.5 Å². The summed E-state index contributed by atoms with van der Waals surface area (Å²) in [4.78, 5) is 14.8. The lowest BCUT2D eigenvalue weighted by molar-refractivity contribution is -0.135. The third-order valence-corrected chi connectivity index (χ3v) is 5.07. The van der Waals surface area contributed by atoms with E-state index in [4.69, 9.17) is 0 Å². The van der Waals surface area contributed by atoms with Gasteiger partial charge in [-0.15, -0.1) is 0 Å². The van der Waals surface area contributed by atoms with Crippen LogP contribution in [0.15, 0.2) is 24.3 Å². The molecule has 1 aromatic rings. The first-order chi connectivity index (χ1) is 9.31. The number of benzene rings is 1. The monoisotopic (exact) mass is 256 g/mol. The van der Waals surface area contributed by atoms with Crippen molar-refractivity contribution in [1.82, 2.24) is 10.2 Å². The van der Waals surface area contributed by atoms with Gasteiger partial charge >= 0.3 is 0 Å². The molecule has 2 unspecified atom stereocenters. The molecule has 1 amide bonds. The minimum Gasteiger partial charge on any atom is -0.338 e. The Labute approximate surface area is 114 Å². The lowest BCUT2D eigenvalue weighted by atomic mass is 9.95. The minimum absolute atomic E-state index is 0.00532. The number of amides is 1. The van der Waals surface area contributed by atoms with Crippen molar-refractivity contribution >= 4 is 5.91 Å². The van der Waals surface area contributed by atoms with Crippen LogP contribution in [0.1, 0.15) is 30.4 Å². The molecule has 1 saturated carbocycles. The van der Waals surface area contributed by atoms with Gasteiger partial charge in [-0.2, -0.15) is 0 Å². The van der Waals surface area contributed by atoms with Crippen molar-refractivity contribution in [3.05, 3.63) is 35.4 Å². The molecular formula is C16H20N2O. The van der Waals surface area contributed by atoms with E-state index >= 15 is 0 Å². The normalized spacial score (nSPS) is 32.4.